The fourth-order valence-corrected chi connectivity index (χ4v) is 3.10. The van der Waals surface area contributed by atoms with Crippen molar-refractivity contribution in [1.82, 2.24) is 0 Å². The average molecular weight is 384 g/mol. The molecule has 0 N–H and O–H groups in total. The van der Waals surface area contributed by atoms with Crippen molar-refractivity contribution >= 4 is 61.6 Å². The van der Waals surface area contributed by atoms with E-state index >= 15 is 0 Å². The molecule has 0 saturated carbocycles. The molecule has 0 bridgehead atoms. The summed E-state index contributed by atoms with van der Waals surface area (Å²) in [7, 11) is 0. The number of hydrogen-bond donors (Lipinski definition) is 0. The van der Waals surface area contributed by atoms with Crippen molar-refractivity contribution < 1.29 is 4.42 Å². The van der Waals surface area contributed by atoms with Crippen molar-refractivity contribution in [3.63, 3.8) is 0 Å². The average Bonchev–Trinajstić information content (AvgIpc) is 2.90. The summed E-state index contributed by atoms with van der Waals surface area (Å²) < 4.78 is 6.98. The molecule has 0 atom stereocenters. The molecule has 0 fully saturated rings. The van der Waals surface area contributed by atoms with Gasteiger partial charge in [0.25, 0.3) is 0 Å². The minimum atomic E-state index is 0.747. The van der Waals surface area contributed by atoms with Crippen LogP contribution in [0.15, 0.2) is 69.6 Å². The Labute approximate surface area is 147 Å². The molecule has 3 heteroatoms. The van der Waals surface area contributed by atoms with Crippen LogP contribution < -0.4 is 0 Å². The van der Waals surface area contributed by atoms with Gasteiger partial charge in [0.2, 0.25) is 0 Å². The van der Waals surface area contributed by atoms with Gasteiger partial charge in [0.05, 0.1) is 0 Å². The summed E-state index contributed by atoms with van der Waals surface area (Å²) >= 11 is 9.38. The van der Waals surface area contributed by atoms with E-state index in [0.29, 0.717) is 0 Å². The van der Waals surface area contributed by atoms with Gasteiger partial charge >= 0.3 is 0 Å². The predicted octanol–water partition coefficient (Wildman–Crippen LogP) is 7.17. The Kier molecular flexibility index (Phi) is 3.72. The van der Waals surface area contributed by atoms with E-state index in [1.165, 1.54) is 0 Å². The molecule has 1 aromatic heterocycles. The molecule has 4 rings (SSSR count). The van der Waals surface area contributed by atoms with Crippen LogP contribution in [0.2, 0.25) is 5.02 Å². The van der Waals surface area contributed by atoms with Crippen LogP contribution in [0.1, 0.15) is 11.1 Å². The molecule has 112 valence electrons. The maximum Gasteiger partial charge on any atom is 0.136 e. The van der Waals surface area contributed by atoms with E-state index in [0.717, 1.165) is 42.6 Å². The SMILES string of the molecule is Clc1ccc(/C=C/c2ccc3c(c2)oc2cc(Br)ccc23)cc1. The second-order valence-corrected chi connectivity index (χ2v) is 6.74. The van der Waals surface area contributed by atoms with Crippen molar-refractivity contribution in [3.05, 3.63) is 81.3 Å². The zero-order chi connectivity index (χ0) is 15.8. The number of hydrogen-bond acceptors (Lipinski definition) is 1. The Morgan fingerprint density at radius 2 is 1.35 bits per heavy atom. The molecule has 0 amide bonds. The van der Waals surface area contributed by atoms with Gasteiger partial charge in [-0.15, -0.1) is 0 Å². The summed E-state index contributed by atoms with van der Waals surface area (Å²) in [6.45, 7) is 0. The fourth-order valence-electron chi connectivity index (χ4n) is 2.64. The van der Waals surface area contributed by atoms with Crippen LogP contribution in [-0.2, 0) is 0 Å². The summed E-state index contributed by atoms with van der Waals surface area (Å²) in [4.78, 5) is 0. The molecule has 0 unspecified atom stereocenters. The summed E-state index contributed by atoms with van der Waals surface area (Å²) in [5.74, 6) is 0. The van der Waals surface area contributed by atoms with Crippen molar-refractivity contribution in [2.75, 3.05) is 0 Å². The topological polar surface area (TPSA) is 13.1 Å². The lowest BCUT2D eigenvalue weighted by Crippen LogP contribution is -1.73. The summed E-state index contributed by atoms with van der Waals surface area (Å²) in [6, 6.07) is 20.2. The lowest BCUT2D eigenvalue weighted by atomic mass is 10.1. The van der Waals surface area contributed by atoms with Gasteiger partial charge in [-0.2, -0.15) is 0 Å². The van der Waals surface area contributed by atoms with Gasteiger partial charge in [-0.05, 0) is 53.6 Å². The molecule has 23 heavy (non-hydrogen) atoms. The number of halogens is 2. The maximum absolute atomic E-state index is 5.96. The van der Waals surface area contributed by atoms with Crippen LogP contribution >= 0.6 is 27.5 Å². The number of furan rings is 1. The molecule has 0 spiro atoms. The third-order valence-corrected chi connectivity index (χ3v) is 4.54. The van der Waals surface area contributed by atoms with E-state index in [4.69, 9.17) is 16.0 Å². The highest BCUT2D eigenvalue weighted by atomic mass is 79.9. The smallest absolute Gasteiger partial charge is 0.136 e. The first kappa shape index (κ1) is 14.6. The Morgan fingerprint density at radius 1 is 0.739 bits per heavy atom. The Hall–Kier alpha value is -2.03. The van der Waals surface area contributed by atoms with Crippen molar-refractivity contribution in [3.8, 4) is 0 Å². The van der Waals surface area contributed by atoms with Crippen LogP contribution in [0, 0.1) is 0 Å². The normalized spacial score (nSPS) is 11.7. The quantitative estimate of drug-likeness (QED) is 0.334. The minimum Gasteiger partial charge on any atom is -0.456 e. The van der Waals surface area contributed by atoms with Gasteiger partial charge in [-0.1, -0.05) is 57.9 Å². The van der Waals surface area contributed by atoms with Gasteiger partial charge in [0.1, 0.15) is 11.2 Å². The lowest BCUT2D eigenvalue weighted by molar-refractivity contribution is 0.668. The Bertz CT molecular complexity index is 1030. The molecule has 0 aliphatic heterocycles. The van der Waals surface area contributed by atoms with Gasteiger partial charge < -0.3 is 4.42 Å². The molecule has 0 aliphatic rings. The standard InChI is InChI=1S/C20H12BrClO/c21-15-6-10-18-17-9-5-14(11-19(17)23-20(18)12-15)2-1-13-3-7-16(22)8-4-13/h1-12H/b2-1+. The third kappa shape index (κ3) is 2.92. The molecular weight excluding hydrogens is 372 g/mol. The van der Waals surface area contributed by atoms with Crippen molar-refractivity contribution in [1.29, 1.82) is 0 Å². The molecule has 0 saturated heterocycles. The molecule has 1 heterocycles. The molecular formula is C20H12BrClO. The predicted molar refractivity (Wildman–Crippen MR) is 102 cm³/mol. The molecule has 3 aromatic carbocycles. The summed E-state index contributed by atoms with van der Waals surface area (Å²) in [6.07, 6.45) is 4.14. The highest BCUT2D eigenvalue weighted by Gasteiger charge is 2.07. The first-order chi connectivity index (χ1) is 11.2. The zero-order valence-electron chi connectivity index (χ0n) is 12.1. The lowest BCUT2D eigenvalue weighted by Gasteiger charge is -1.96. The van der Waals surface area contributed by atoms with Crippen LogP contribution in [0.25, 0.3) is 34.1 Å². The second-order valence-electron chi connectivity index (χ2n) is 5.38. The van der Waals surface area contributed by atoms with Crippen LogP contribution in [0.4, 0.5) is 0 Å². The van der Waals surface area contributed by atoms with E-state index in [-0.39, 0.29) is 0 Å². The van der Waals surface area contributed by atoms with Gasteiger partial charge in [-0.3, -0.25) is 0 Å². The van der Waals surface area contributed by atoms with Crippen LogP contribution in [0.3, 0.4) is 0 Å². The Morgan fingerprint density at radius 3 is 2.13 bits per heavy atom. The first-order valence-electron chi connectivity index (χ1n) is 7.24. The monoisotopic (exact) mass is 382 g/mol. The largest absolute Gasteiger partial charge is 0.456 e. The number of benzene rings is 3. The molecule has 0 radical (unpaired) electrons. The minimum absolute atomic E-state index is 0.747. The Balaban J connectivity index is 1.73. The zero-order valence-corrected chi connectivity index (χ0v) is 14.4. The van der Waals surface area contributed by atoms with Gasteiger partial charge in [-0.25, -0.2) is 0 Å². The van der Waals surface area contributed by atoms with Crippen LogP contribution in [-0.4, -0.2) is 0 Å². The third-order valence-electron chi connectivity index (χ3n) is 3.80. The molecule has 1 nitrogen and oxygen atoms in total. The van der Waals surface area contributed by atoms with Crippen molar-refractivity contribution in [2.24, 2.45) is 0 Å². The molecule has 4 aromatic rings. The highest BCUT2D eigenvalue weighted by molar-refractivity contribution is 9.10. The van der Waals surface area contributed by atoms with E-state index in [9.17, 15) is 0 Å². The van der Waals surface area contributed by atoms with Crippen molar-refractivity contribution in [2.45, 2.75) is 0 Å². The van der Waals surface area contributed by atoms with E-state index in [1.807, 2.05) is 36.4 Å². The van der Waals surface area contributed by atoms with Gasteiger partial charge in [0.15, 0.2) is 0 Å². The number of rotatable bonds is 2. The van der Waals surface area contributed by atoms with Gasteiger partial charge in [0, 0.05) is 20.3 Å². The van der Waals surface area contributed by atoms with Crippen LogP contribution in [0.5, 0.6) is 0 Å². The molecule has 0 aliphatic carbocycles. The van der Waals surface area contributed by atoms with E-state index < -0.39 is 0 Å². The fraction of sp³-hybridized carbons (Fsp3) is 0. The second kappa shape index (κ2) is 5.88. The summed E-state index contributed by atoms with van der Waals surface area (Å²) in [5.41, 5.74) is 4.01. The summed E-state index contributed by atoms with van der Waals surface area (Å²) in [5, 5.41) is 3.02. The van der Waals surface area contributed by atoms with E-state index in [1.54, 1.807) is 0 Å². The number of fused-ring (bicyclic) bond motifs is 3. The van der Waals surface area contributed by atoms with E-state index in [2.05, 4.69) is 52.3 Å². The maximum atomic E-state index is 5.96. The first-order valence-corrected chi connectivity index (χ1v) is 8.42. The highest BCUT2D eigenvalue weighted by Crippen LogP contribution is 2.31.